The van der Waals surface area contributed by atoms with Crippen molar-refractivity contribution >= 4 is 53.2 Å². The highest BCUT2D eigenvalue weighted by Crippen LogP contribution is 2.36. The Bertz CT molecular complexity index is 550. The fraction of sp³-hybridized carbons (Fsp3) is 0.636. The molecule has 1 aromatic rings. The van der Waals surface area contributed by atoms with Gasteiger partial charge in [0, 0.05) is 0 Å². The van der Waals surface area contributed by atoms with Crippen molar-refractivity contribution in [2.45, 2.75) is 42.5 Å². The Balaban J connectivity index is 2.27. The lowest BCUT2D eigenvalue weighted by atomic mass is 9.83. The van der Waals surface area contributed by atoms with E-state index in [1.807, 2.05) is 0 Å². The first kappa shape index (κ1) is 15.9. The molecule has 0 aromatic carbocycles. The molecule has 8 heteroatoms. The molecule has 108 valence electrons. The zero-order valence-corrected chi connectivity index (χ0v) is 15.0. The highest BCUT2D eigenvalue weighted by Gasteiger charge is 2.36. The molecular formula is C11H15Br2NO3S2. The van der Waals surface area contributed by atoms with Crippen molar-refractivity contribution in [3.05, 3.63) is 13.6 Å². The van der Waals surface area contributed by atoms with Gasteiger partial charge >= 0.3 is 0 Å². The second-order valence-electron chi connectivity index (χ2n) is 4.79. The molecule has 1 aliphatic carbocycles. The Kier molecular flexibility index (Phi) is 5.12. The Morgan fingerprint density at radius 1 is 1.32 bits per heavy atom. The Labute approximate surface area is 133 Å². The molecule has 1 fully saturated rings. The molecule has 19 heavy (non-hydrogen) atoms. The maximum atomic E-state index is 12.4. The van der Waals surface area contributed by atoms with E-state index in [-0.39, 0.29) is 11.5 Å². The second-order valence-corrected chi connectivity index (χ2v) is 10.2. The Hall–Kier alpha value is 0.530. The molecule has 0 aliphatic heterocycles. The van der Waals surface area contributed by atoms with Crippen molar-refractivity contribution in [2.24, 2.45) is 0 Å². The van der Waals surface area contributed by atoms with E-state index >= 15 is 0 Å². The average molecular weight is 433 g/mol. The maximum Gasteiger partial charge on any atom is 0.243 e. The second kappa shape index (κ2) is 6.11. The number of hydrogen-bond donors (Lipinski definition) is 2. The van der Waals surface area contributed by atoms with Gasteiger partial charge in [-0.05, 0) is 50.8 Å². The fourth-order valence-electron chi connectivity index (χ4n) is 2.37. The summed E-state index contributed by atoms with van der Waals surface area (Å²) in [6.45, 7) is -0.158. The topological polar surface area (TPSA) is 66.4 Å². The summed E-state index contributed by atoms with van der Waals surface area (Å²) in [6, 6.07) is 1.57. The quantitative estimate of drug-likeness (QED) is 0.767. The van der Waals surface area contributed by atoms with Gasteiger partial charge in [-0.25, -0.2) is 13.1 Å². The predicted octanol–water partition coefficient (Wildman–Crippen LogP) is 3.25. The molecule has 1 saturated carbocycles. The number of thiophene rings is 1. The summed E-state index contributed by atoms with van der Waals surface area (Å²) in [5, 5.41) is 9.58. The number of halogens is 2. The minimum Gasteiger partial charge on any atom is -0.394 e. The summed E-state index contributed by atoms with van der Waals surface area (Å²) >= 11 is 7.86. The SMILES string of the molecule is O=S(=O)(NC1(CO)CCCCC1)c1cc(Br)sc1Br. The van der Waals surface area contributed by atoms with Crippen molar-refractivity contribution in [3.63, 3.8) is 0 Å². The smallest absolute Gasteiger partial charge is 0.243 e. The van der Waals surface area contributed by atoms with E-state index in [4.69, 9.17) is 0 Å². The van der Waals surface area contributed by atoms with Crippen LogP contribution in [0.2, 0.25) is 0 Å². The summed E-state index contributed by atoms with van der Waals surface area (Å²) < 4.78 is 28.9. The van der Waals surface area contributed by atoms with E-state index in [2.05, 4.69) is 36.6 Å². The molecule has 4 nitrogen and oxygen atoms in total. The van der Waals surface area contributed by atoms with Gasteiger partial charge in [-0.1, -0.05) is 19.3 Å². The molecule has 1 heterocycles. The van der Waals surface area contributed by atoms with Gasteiger partial charge in [0.1, 0.15) is 4.90 Å². The van der Waals surface area contributed by atoms with Crippen LogP contribution >= 0.6 is 43.2 Å². The van der Waals surface area contributed by atoms with Crippen LogP contribution in [-0.2, 0) is 10.0 Å². The number of sulfonamides is 1. The van der Waals surface area contributed by atoms with Crippen LogP contribution in [-0.4, -0.2) is 25.7 Å². The van der Waals surface area contributed by atoms with E-state index in [0.29, 0.717) is 16.6 Å². The molecule has 0 spiro atoms. The van der Waals surface area contributed by atoms with Gasteiger partial charge in [0.2, 0.25) is 10.0 Å². The molecular weight excluding hydrogens is 418 g/mol. The summed E-state index contributed by atoms with van der Waals surface area (Å²) in [7, 11) is -3.62. The normalized spacial score (nSPS) is 19.5. The maximum absolute atomic E-state index is 12.4. The van der Waals surface area contributed by atoms with Crippen molar-refractivity contribution in [3.8, 4) is 0 Å². The third kappa shape index (κ3) is 3.59. The van der Waals surface area contributed by atoms with Gasteiger partial charge in [-0.3, -0.25) is 0 Å². The summed E-state index contributed by atoms with van der Waals surface area (Å²) in [4.78, 5) is 0.225. The van der Waals surface area contributed by atoms with Crippen LogP contribution in [0.3, 0.4) is 0 Å². The predicted molar refractivity (Wildman–Crippen MR) is 82.9 cm³/mol. The molecule has 2 N–H and O–H groups in total. The van der Waals surface area contributed by atoms with Crippen LogP contribution in [0.4, 0.5) is 0 Å². The van der Waals surface area contributed by atoms with E-state index in [0.717, 1.165) is 23.0 Å². The third-order valence-corrected chi connectivity index (χ3v) is 7.71. The molecule has 2 rings (SSSR count). The van der Waals surface area contributed by atoms with Crippen LogP contribution in [0.15, 0.2) is 18.5 Å². The summed E-state index contributed by atoms with van der Waals surface area (Å²) in [6.07, 6.45) is 4.35. The standard InChI is InChI=1S/C11H15Br2NO3S2/c12-9-6-8(10(13)18-9)19(16,17)14-11(7-15)4-2-1-3-5-11/h6,14-15H,1-5,7H2. The first-order valence-corrected chi connectivity index (χ1v) is 9.87. The molecule has 0 amide bonds. The largest absolute Gasteiger partial charge is 0.394 e. The fourth-order valence-corrected chi connectivity index (χ4v) is 7.63. The number of rotatable bonds is 4. The summed E-state index contributed by atoms with van der Waals surface area (Å²) in [5.74, 6) is 0. The van der Waals surface area contributed by atoms with Crippen LogP contribution in [0.25, 0.3) is 0 Å². The molecule has 0 atom stereocenters. The zero-order chi connectivity index (χ0) is 14.1. The zero-order valence-electron chi connectivity index (χ0n) is 10.2. The van der Waals surface area contributed by atoms with Gasteiger partial charge in [-0.15, -0.1) is 11.3 Å². The van der Waals surface area contributed by atoms with E-state index in [9.17, 15) is 13.5 Å². The van der Waals surface area contributed by atoms with Crippen molar-refractivity contribution in [1.82, 2.24) is 4.72 Å². The number of aliphatic hydroxyl groups is 1. The van der Waals surface area contributed by atoms with Gasteiger partial charge in [0.25, 0.3) is 0 Å². The van der Waals surface area contributed by atoms with Crippen molar-refractivity contribution in [2.75, 3.05) is 6.61 Å². The van der Waals surface area contributed by atoms with E-state index in [1.54, 1.807) is 6.07 Å². The van der Waals surface area contributed by atoms with Crippen LogP contribution in [0, 0.1) is 0 Å². The van der Waals surface area contributed by atoms with Crippen molar-refractivity contribution < 1.29 is 13.5 Å². The summed E-state index contributed by atoms with van der Waals surface area (Å²) in [5.41, 5.74) is -0.703. The van der Waals surface area contributed by atoms with E-state index in [1.165, 1.54) is 11.3 Å². The Morgan fingerprint density at radius 3 is 2.42 bits per heavy atom. The first-order valence-electron chi connectivity index (χ1n) is 5.98. The van der Waals surface area contributed by atoms with Crippen LogP contribution in [0.5, 0.6) is 0 Å². The monoisotopic (exact) mass is 431 g/mol. The molecule has 1 aromatic heterocycles. The molecule has 0 bridgehead atoms. The van der Waals surface area contributed by atoms with Gasteiger partial charge < -0.3 is 5.11 Å². The molecule has 0 radical (unpaired) electrons. The highest BCUT2D eigenvalue weighted by atomic mass is 79.9. The van der Waals surface area contributed by atoms with Gasteiger partial charge in [-0.2, -0.15) is 0 Å². The lowest BCUT2D eigenvalue weighted by Gasteiger charge is -2.35. The van der Waals surface area contributed by atoms with Gasteiger partial charge in [0.15, 0.2) is 0 Å². The van der Waals surface area contributed by atoms with Crippen LogP contribution < -0.4 is 4.72 Å². The minimum absolute atomic E-state index is 0.158. The van der Waals surface area contributed by atoms with Gasteiger partial charge in [0.05, 0.1) is 19.7 Å². The molecule has 0 unspecified atom stereocenters. The molecule has 0 saturated heterocycles. The lowest BCUT2D eigenvalue weighted by Crippen LogP contribution is -2.52. The highest BCUT2D eigenvalue weighted by molar-refractivity contribution is 9.12. The third-order valence-electron chi connectivity index (χ3n) is 3.38. The van der Waals surface area contributed by atoms with Crippen molar-refractivity contribution in [1.29, 1.82) is 0 Å². The van der Waals surface area contributed by atoms with E-state index < -0.39 is 15.6 Å². The van der Waals surface area contributed by atoms with Crippen LogP contribution in [0.1, 0.15) is 32.1 Å². The molecule has 1 aliphatic rings. The number of nitrogens with one attached hydrogen (secondary N) is 1. The number of hydrogen-bond acceptors (Lipinski definition) is 4. The lowest BCUT2D eigenvalue weighted by molar-refractivity contribution is 0.142. The average Bonchev–Trinajstić information content (AvgIpc) is 2.70. The number of aliphatic hydroxyl groups excluding tert-OH is 1. The Morgan fingerprint density at radius 2 is 1.95 bits per heavy atom. The first-order chi connectivity index (χ1) is 8.88. The minimum atomic E-state index is -3.62.